The van der Waals surface area contributed by atoms with Gasteiger partial charge in [0.05, 0.1) is 5.60 Å². The molecule has 1 aliphatic carbocycles. The average Bonchev–Trinajstić information content (AvgIpc) is 2.61. The zero-order valence-electron chi connectivity index (χ0n) is 15.7. The molecule has 2 aromatic carbocycles. The van der Waals surface area contributed by atoms with Crippen molar-refractivity contribution in [1.29, 1.82) is 0 Å². The number of halogens is 1. The van der Waals surface area contributed by atoms with Crippen LogP contribution in [0.15, 0.2) is 60.2 Å². The van der Waals surface area contributed by atoms with Crippen LogP contribution in [0, 0.1) is 5.92 Å². The largest absolute Gasteiger partial charge is 0.385 e. The third-order valence-electron chi connectivity index (χ3n) is 5.34. The lowest BCUT2D eigenvalue weighted by molar-refractivity contribution is -0.0123. The van der Waals surface area contributed by atoms with Crippen LogP contribution >= 0.6 is 11.6 Å². The summed E-state index contributed by atoms with van der Waals surface area (Å²) in [6, 6.07) is 18.2. The summed E-state index contributed by atoms with van der Waals surface area (Å²) in [5, 5.41) is 12.6. The van der Waals surface area contributed by atoms with Crippen molar-refractivity contribution in [3.05, 3.63) is 76.3 Å². The fourth-order valence-electron chi connectivity index (χ4n) is 4.06. The molecule has 0 radical (unpaired) electrons. The van der Waals surface area contributed by atoms with Crippen molar-refractivity contribution in [2.24, 2.45) is 5.92 Å². The highest BCUT2D eigenvalue weighted by molar-refractivity contribution is 6.30. The van der Waals surface area contributed by atoms with Crippen molar-refractivity contribution in [2.45, 2.75) is 31.3 Å². The summed E-state index contributed by atoms with van der Waals surface area (Å²) in [6.07, 6.45) is 5.94. The van der Waals surface area contributed by atoms with Crippen LogP contribution < -0.4 is 0 Å². The van der Waals surface area contributed by atoms with Gasteiger partial charge in [-0.25, -0.2) is 0 Å². The first-order chi connectivity index (χ1) is 12.5. The van der Waals surface area contributed by atoms with Crippen LogP contribution in [0.4, 0.5) is 0 Å². The SMILES string of the molecule is CN(C)CC1CCCC(=Cc2ccc(Cl)cc2)C1(O)Cc1ccccc1. The maximum absolute atomic E-state index is 11.9. The number of aliphatic hydroxyl groups is 1. The molecule has 2 unspecified atom stereocenters. The van der Waals surface area contributed by atoms with Gasteiger partial charge in [0.2, 0.25) is 0 Å². The average molecular weight is 370 g/mol. The molecule has 138 valence electrons. The Morgan fingerprint density at radius 2 is 1.81 bits per heavy atom. The maximum atomic E-state index is 11.9. The molecule has 3 heteroatoms. The molecule has 0 amide bonds. The van der Waals surface area contributed by atoms with Crippen molar-refractivity contribution in [3.63, 3.8) is 0 Å². The number of hydrogen-bond acceptors (Lipinski definition) is 2. The van der Waals surface area contributed by atoms with Crippen LogP contribution in [-0.2, 0) is 6.42 Å². The molecule has 0 aliphatic heterocycles. The molecular weight excluding hydrogens is 342 g/mol. The van der Waals surface area contributed by atoms with Gasteiger partial charge in [0, 0.05) is 23.9 Å². The molecule has 0 bridgehead atoms. The summed E-state index contributed by atoms with van der Waals surface area (Å²) in [7, 11) is 4.17. The number of nitrogens with zero attached hydrogens (tertiary/aromatic N) is 1. The van der Waals surface area contributed by atoms with Crippen LogP contribution in [0.3, 0.4) is 0 Å². The van der Waals surface area contributed by atoms with E-state index in [1.54, 1.807) is 0 Å². The molecule has 1 N–H and O–H groups in total. The molecule has 0 spiro atoms. The van der Waals surface area contributed by atoms with Gasteiger partial charge >= 0.3 is 0 Å². The maximum Gasteiger partial charge on any atom is 0.0940 e. The van der Waals surface area contributed by atoms with Gasteiger partial charge < -0.3 is 10.0 Å². The molecule has 2 atom stereocenters. The van der Waals surface area contributed by atoms with E-state index in [-0.39, 0.29) is 5.92 Å². The topological polar surface area (TPSA) is 23.5 Å². The van der Waals surface area contributed by atoms with Gasteiger partial charge in [0.1, 0.15) is 0 Å². The monoisotopic (exact) mass is 369 g/mol. The van der Waals surface area contributed by atoms with Gasteiger partial charge in [-0.2, -0.15) is 0 Å². The standard InChI is InChI=1S/C23H28ClNO/c1-25(2)17-21-10-6-9-20(15-18-11-13-22(24)14-12-18)23(21,26)16-19-7-4-3-5-8-19/h3-5,7-8,11-15,21,26H,6,9-10,16-17H2,1-2H3. The normalized spacial score (nSPS) is 25.0. The van der Waals surface area contributed by atoms with Crippen LogP contribution in [-0.4, -0.2) is 36.2 Å². The van der Waals surface area contributed by atoms with Crippen LogP contribution in [0.1, 0.15) is 30.4 Å². The Morgan fingerprint density at radius 1 is 1.12 bits per heavy atom. The highest BCUT2D eigenvalue weighted by Crippen LogP contribution is 2.41. The Labute approximate surface area is 162 Å². The van der Waals surface area contributed by atoms with E-state index in [0.717, 1.165) is 42.0 Å². The number of hydrogen-bond donors (Lipinski definition) is 1. The van der Waals surface area contributed by atoms with Crippen LogP contribution in [0.2, 0.25) is 5.02 Å². The molecule has 1 saturated carbocycles. The van der Waals surface area contributed by atoms with E-state index in [1.807, 2.05) is 42.5 Å². The van der Waals surface area contributed by atoms with Gasteiger partial charge in [-0.1, -0.05) is 60.1 Å². The predicted molar refractivity (Wildman–Crippen MR) is 110 cm³/mol. The highest BCUT2D eigenvalue weighted by Gasteiger charge is 2.42. The fourth-order valence-corrected chi connectivity index (χ4v) is 4.19. The minimum atomic E-state index is -0.816. The predicted octanol–water partition coefficient (Wildman–Crippen LogP) is 5.06. The van der Waals surface area contributed by atoms with E-state index in [9.17, 15) is 5.11 Å². The number of benzene rings is 2. The molecule has 0 saturated heterocycles. The van der Waals surface area contributed by atoms with E-state index < -0.39 is 5.60 Å². The summed E-state index contributed by atoms with van der Waals surface area (Å²) in [5.74, 6) is 0.227. The first-order valence-corrected chi connectivity index (χ1v) is 9.73. The Morgan fingerprint density at radius 3 is 2.46 bits per heavy atom. The molecule has 2 aromatic rings. The number of rotatable bonds is 5. The van der Waals surface area contributed by atoms with Gasteiger partial charge in [-0.3, -0.25) is 0 Å². The summed E-state index contributed by atoms with van der Waals surface area (Å²) >= 11 is 6.02. The van der Waals surface area contributed by atoms with E-state index in [2.05, 4.69) is 37.2 Å². The molecule has 1 aliphatic rings. The van der Waals surface area contributed by atoms with Gasteiger partial charge in [-0.05, 0) is 62.2 Å². The second kappa shape index (κ2) is 8.39. The molecule has 3 rings (SSSR count). The molecular formula is C23H28ClNO. The van der Waals surface area contributed by atoms with Crippen molar-refractivity contribution >= 4 is 17.7 Å². The Bertz CT molecular complexity index is 739. The first kappa shape index (κ1) is 19.2. The van der Waals surface area contributed by atoms with Gasteiger partial charge in [-0.15, -0.1) is 0 Å². The van der Waals surface area contributed by atoms with Crippen LogP contribution in [0.25, 0.3) is 6.08 Å². The first-order valence-electron chi connectivity index (χ1n) is 9.35. The van der Waals surface area contributed by atoms with Crippen molar-refractivity contribution < 1.29 is 5.11 Å². The summed E-state index contributed by atoms with van der Waals surface area (Å²) in [6.45, 7) is 0.890. The fraction of sp³-hybridized carbons (Fsp3) is 0.391. The summed E-state index contributed by atoms with van der Waals surface area (Å²) in [5.41, 5.74) is 2.61. The minimum Gasteiger partial charge on any atom is -0.385 e. The van der Waals surface area contributed by atoms with Gasteiger partial charge in [0.15, 0.2) is 0 Å². The molecule has 0 aromatic heterocycles. The van der Waals surface area contributed by atoms with E-state index in [4.69, 9.17) is 11.6 Å². The lowest BCUT2D eigenvalue weighted by atomic mass is 9.68. The third-order valence-corrected chi connectivity index (χ3v) is 5.60. The second-order valence-corrected chi connectivity index (χ2v) is 8.10. The minimum absolute atomic E-state index is 0.227. The van der Waals surface area contributed by atoms with E-state index in [0.29, 0.717) is 6.42 Å². The molecule has 2 nitrogen and oxygen atoms in total. The zero-order chi connectivity index (χ0) is 18.6. The summed E-state index contributed by atoms with van der Waals surface area (Å²) in [4.78, 5) is 2.19. The second-order valence-electron chi connectivity index (χ2n) is 7.66. The van der Waals surface area contributed by atoms with E-state index >= 15 is 0 Å². The molecule has 1 fully saturated rings. The smallest absolute Gasteiger partial charge is 0.0940 e. The Balaban J connectivity index is 1.97. The lowest BCUT2D eigenvalue weighted by Gasteiger charge is -2.43. The van der Waals surface area contributed by atoms with Crippen molar-refractivity contribution in [2.75, 3.05) is 20.6 Å². The zero-order valence-corrected chi connectivity index (χ0v) is 16.4. The quantitative estimate of drug-likeness (QED) is 0.796. The third kappa shape index (κ3) is 4.56. The lowest BCUT2D eigenvalue weighted by Crippen LogP contribution is -2.48. The molecule has 26 heavy (non-hydrogen) atoms. The summed E-state index contributed by atoms with van der Waals surface area (Å²) < 4.78 is 0. The van der Waals surface area contributed by atoms with Crippen molar-refractivity contribution in [3.8, 4) is 0 Å². The van der Waals surface area contributed by atoms with Crippen LogP contribution in [0.5, 0.6) is 0 Å². The molecule has 0 heterocycles. The Kier molecular flexibility index (Phi) is 6.18. The van der Waals surface area contributed by atoms with E-state index in [1.165, 1.54) is 5.56 Å². The Hall–Kier alpha value is -1.61. The highest BCUT2D eigenvalue weighted by atomic mass is 35.5. The van der Waals surface area contributed by atoms with Gasteiger partial charge in [0.25, 0.3) is 0 Å². The van der Waals surface area contributed by atoms with Crippen molar-refractivity contribution in [1.82, 2.24) is 4.90 Å².